The summed E-state index contributed by atoms with van der Waals surface area (Å²) in [5, 5.41) is 9.84. The molecule has 2 unspecified atom stereocenters. The summed E-state index contributed by atoms with van der Waals surface area (Å²) in [6.45, 7) is 3.72. The largest absolute Gasteiger partial charge is 0.544 e. The Labute approximate surface area is 129 Å². The zero-order valence-corrected chi connectivity index (χ0v) is 13.9. The molecular weight excluding hydrogens is 446 g/mol. The molecule has 1 rings (SSSR count). The van der Waals surface area contributed by atoms with Crippen LogP contribution in [0.3, 0.4) is 0 Å². The van der Waals surface area contributed by atoms with Gasteiger partial charge in [-0.25, -0.2) is 0 Å². The first-order valence-electron chi connectivity index (χ1n) is 6.33. The second kappa shape index (κ2) is 10.3. The average Bonchev–Trinajstić information content (AvgIpc) is 2.68. The van der Waals surface area contributed by atoms with E-state index >= 15 is 0 Å². The minimum absolute atomic E-state index is 0. The monoisotopic (exact) mass is 468 g/mol. The normalized spacial score (nSPS) is 32.5. The van der Waals surface area contributed by atoms with Gasteiger partial charge in [-0.1, -0.05) is 24.3 Å². The maximum Gasteiger partial charge on any atom is 0.0797 e. The van der Waals surface area contributed by atoms with E-state index in [1.807, 2.05) is 31.2 Å². The molecule has 0 spiro atoms. The first kappa shape index (κ1) is 13.8. The summed E-state index contributed by atoms with van der Waals surface area (Å²) in [4.78, 5) is 0. The molecule has 0 aliphatic carbocycles. The van der Waals surface area contributed by atoms with Gasteiger partial charge < -0.3 is 19.3 Å². The Morgan fingerprint density at radius 2 is 2.47 bits per heavy atom. The van der Waals surface area contributed by atoms with E-state index in [1.165, 1.54) is 6.61 Å². The Kier molecular flexibility index (Phi) is 8.37. The fourth-order valence-corrected chi connectivity index (χ4v) is 1.33. The van der Waals surface area contributed by atoms with Crippen molar-refractivity contribution < 1.29 is 53.2 Å². The molecule has 1 N–H and O–H groups in total. The maximum atomic E-state index is 9.84. The minimum atomic E-state index is -1.37. The van der Waals surface area contributed by atoms with Crippen LogP contribution in [0.15, 0.2) is 24.3 Å². The zero-order valence-electron chi connectivity index (χ0n) is 11.8. The molecule has 0 saturated carbocycles. The van der Waals surface area contributed by atoms with Crippen molar-refractivity contribution in [2.75, 3.05) is 20.3 Å². The molecule has 0 radical (unpaired) electrons. The average molecular weight is 468 g/mol. The smallest absolute Gasteiger partial charge is 0.0797 e. The second-order valence-corrected chi connectivity index (χ2v) is 3.39. The molecular formula is C12H19O4U-. The van der Waals surface area contributed by atoms with Gasteiger partial charge in [0.1, 0.15) is 0 Å². The Bertz CT molecular complexity index is 287. The third-order valence-electron chi connectivity index (χ3n) is 2.19. The zero-order chi connectivity index (χ0) is 13.4. The van der Waals surface area contributed by atoms with Crippen molar-refractivity contribution in [2.45, 2.75) is 25.2 Å². The Morgan fingerprint density at radius 1 is 1.65 bits per heavy atom. The first-order valence-corrected chi connectivity index (χ1v) is 5.17. The summed E-state index contributed by atoms with van der Waals surface area (Å²) >= 11 is 0. The predicted octanol–water partition coefficient (Wildman–Crippen LogP) is 1.07. The molecule has 0 bridgehead atoms. The van der Waals surface area contributed by atoms with Crippen molar-refractivity contribution in [3.05, 3.63) is 30.9 Å². The standard InChI is InChI=1S/C12H19O4.U/c1-3-4-5-6-7-15-11-9-16-10(8-14-2)12(11)13;/h3-6,9-13H,7-8H2,1-2H3;/q-1;/b4-3+,6-5+;/t10-,11?,12+;/m1./s1/i2TD;/t2?,10-,11?,12+;. The molecule has 1 aliphatic heterocycles. The van der Waals surface area contributed by atoms with E-state index in [0.717, 1.165) is 0 Å². The molecule has 5 heteroatoms. The molecule has 1 saturated heterocycles. The third kappa shape index (κ3) is 6.19. The molecule has 0 aromatic rings. The summed E-state index contributed by atoms with van der Waals surface area (Å²) in [6.07, 6.45) is 5.55. The van der Waals surface area contributed by atoms with Crippen LogP contribution < -0.4 is 0 Å². The maximum absolute atomic E-state index is 9.84. The van der Waals surface area contributed by atoms with Crippen LogP contribution in [-0.4, -0.2) is 43.7 Å². The summed E-state index contributed by atoms with van der Waals surface area (Å²) in [5.74, 6) is 0. The van der Waals surface area contributed by atoms with E-state index in [1.54, 1.807) is 0 Å². The minimum Gasteiger partial charge on any atom is -0.544 e. The molecule has 1 fully saturated rings. The van der Waals surface area contributed by atoms with Gasteiger partial charge in [0.2, 0.25) is 0 Å². The second-order valence-electron chi connectivity index (χ2n) is 3.39. The van der Waals surface area contributed by atoms with Crippen LogP contribution in [0.5, 0.6) is 0 Å². The van der Waals surface area contributed by atoms with Gasteiger partial charge in [-0.05, 0) is 13.0 Å². The van der Waals surface area contributed by atoms with E-state index in [0.29, 0.717) is 6.61 Å². The third-order valence-corrected chi connectivity index (χ3v) is 2.19. The number of aliphatic hydroxyl groups excluding tert-OH is 1. The van der Waals surface area contributed by atoms with E-state index in [-0.39, 0.29) is 37.7 Å². The summed E-state index contributed by atoms with van der Waals surface area (Å²) in [5.41, 5.74) is 0. The van der Waals surface area contributed by atoms with Crippen LogP contribution in [0.1, 0.15) is 9.67 Å². The molecule has 1 aliphatic rings. The van der Waals surface area contributed by atoms with Gasteiger partial charge in [-0.15, -0.1) is 0 Å². The Hall–Kier alpha value is 0.372. The van der Waals surface area contributed by atoms with Crippen molar-refractivity contribution in [2.24, 2.45) is 0 Å². The number of hydrogen-bond donors (Lipinski definition) is 1. The van der Waals surface area contributed by atoms with Crippen LogP contribution in [0.4, 0.5) is 0 Å². The van der Waals surface area contributed by atoms with Crippen molar-refractivity contribution in [3.63, 3.8) is 0 Å². The molecule has 0 aromatic carbocycles. The Balaban J connectivity index is 0.00000324. The fraction of sp³-hybridized carbons (Fsp3) is 0.583. The fourth-order valence-electron chi connectivity index (χ4n) is 1.33. The van der Waals surface area contributed by atoms with Crippen molar-refractivity contribution in [3.8, 4) is 0 Å². The van der Waals surface area contributed by atoms with Gasteiger partial charge in [0.05, 0.1) is 28.2 Å². The van der Waals surface area contributed by atoms with E-state index in [4.69, 9.17) is 17.0 Å². The van der Waals surface area contributed by atoms with Gasteiger partial charge >= 0.3 is 0 Å². The van der Waals surface area contributed by atoms with Gasteiger partial charge in [-0.3, -0.25) is 0 Å². The number of rotatable bonds is 6. The van der Waals surface area contributed by atoms with Crippen molar-refractivity contribution in [1.29, 1.82) is 0 Å². The predicted molar refractivity (Wildman–Crippen MR) is 60.7 cm³/mol. The number of ether oxygens (including phenoxy) is 3. The van der Waals surface area contributed by atoms with Gasteiger partial charge in [-0.2, -0.15) is 6.61 Å². The Morgan fingerprint density at radius 3 is 3.18 bits per heavy atom. The number of methoxy groups -OCH3 is 1. The topological polar surface area (TPSA) is 47.9 Å². The number of aliphatic hydroxyl groups is 1. The number of hydrogen-bond acceptors (Lipinski definition) is 4. The molecule has 4 nitrogen and oxygen atoms in total. The van der Waals surface area contributed by atoms with Crippen molar-refractivity contribution in [1.82, 2.24) is 0 Å². The van der Waals surface area contributed by atoms with E-state index in [9.17, 15) is 5.11 Å². The summed E-state index contributed by atoms with van der Waals surface area (Å²) in [7, 11) is -1.37. The summed E-state index contributed by atoms with van der Waals surface area (Å²) < 4.78 is 29.1. The molecule has 0 amide bonds. The number of allylic oxidation sites excluding steroid dienone is 3. The summed E-state index contributed by atoms with van der Waals surface area (Å²) in [6, 6.07) is 0. The molecule has 17 heavy (non-hydrogen) atoms. The first-order chi connectivity index (χ1) is 8.65. The van der Waals surface area contributed by atoms with E-state index < -0.39 is 25.4 Å². The van der Waals surface area contributed by atoms with Crippen LogP contribution in [0, 0.1) is 37.7 Å². The van der Waals surface area contributed by atoms with Crippen LogP contribution in [-0.2, 0) is 14.2 Å². The van der Waals surface area contributed by atoms with Crippen LogP contribution in [0.2, 0.25) is 0 Å². The van der Waals surface area contributed by atoms with E-state index in [2.05, 4.69) is 0 Å². The van der Waals surface area contributed by atoms with Crippen molar-refractivity contribution >= 4 is 0 Å². The van der Waals surface area contributed by atoms with Gasteiger partial charge in [0.15, 0.2) is 0 Å². The molecule has 4 atom stereocenters. The molecule has 1 heterocycles. The van der Waals surface area contributed by atoms with Crippen LogP contribution >= 0.6 is 0 Å². The van der Waals surface area contributed by atoms with Gasteiger partial charge in [0, 0.05) is 38.2 Å². The molecule has 96 valence electrons. The van der Waals surface area contributed by atoms with Gasteiger partial charge in [0.25, 0.3) is 0 Å². The quantitative estimate of drug-likeness (QED) is 0.468. The van der Waals surface area contributed by atoms with Crippen LogP contribution in [0.25, 0.3) is 0 Å². The SMILES string of the molecule is [2H]C([3H])OC[C@H]1O[CH-]C(OC/C=C/C=C/C)[C@H]1O.[U]. The molecule has 0 aromatic heterocycles.